The summed E-state index contributed by atoms with van der Waals surface area (Å²) in [6.07, 6.45) is 0. The van der Waals surface area contributed by atoms with E-state index in [1.54, 1.807) is 13.1 Å². The van der Waals surface area contributed by atoms with Gasteiger partial charge in [0.25, 0.3) is 10.0 Å². The van der Waals surface area contributed by atoms with Crippen LogP contribution in [0.2, 0.25) is 0 Å². The summed E-state index contributed by atoms with van der Waals surface area (Å²) < 4.78 is 26.2. The van der Waals surface area contributed by atoms with Crippen LogP contribution in [-0.2, 0) is 16.6 Å². The van der Waals surface area contributed by atoms with E-state index in [-0.39, 0.29) is 6.04 Å². The molecule has 0 atom stereocenters. The van der Waals surface area contributed by atoms with Crippen LogP contribution in [0.1, 0.15) is 26.3 Å². The highest BCUT2D eigenvalue weighted by molar-refractivity contribution is 7.91. The first-order chi connectivity index (χ1) is 7.89. The molecule has 0 amide bonds. The second kappa shape index (κ2) is 5.95. The Morgan fingerprint density at radius 1 is 1.47 bits per heavy atom. The van der Waals surface area contributed by atoms with Gasteiger partial charge in [0, 0.05) is 19.6 Å². The van der Waals surface area contributed by atoms with Gasteiger partial charge >= 0.3 is 0 Å². The summed E-state index contributed by atoms with van der Waals surface area (Å²) in [5, 5.41) is 5.07. The Kier molecular flexibility index (Phi) is 5.12. The lowest BCUT2D eigenvalue weighted by Gasteiger charge is -2.19. The van der Waals surface area contributed by atoms with Crippen LogP contribution in [0.4, 0.5) is 0 Å². The molecule has 1 aromatic heterocycles. The maximum Gasteiger partial charge on any atom is 0.252 e. The number of hydrogen-bond donors (Lipinski definition) is 1. The molecule has 0 radical (unpaired) electrons. The summed E-state index contributed by atoms with van der Waals surface area (Å²) in [6, 6.07) is 1.72. The Bertz CT molecular complexity index is 452. The van der Waals surface area contributed by atoms with Crippen LogP contribution >= 0.6 is 11.3 Å². The van der Waals surface area contributed by atoms with Gasteiger partial charge in [-0.15, -0.1) is 11.3 Å². The van der Waals surface area contributed by atoms with Gasteiger partial charge in [0.1, 0.15) is 4.21 Å². The molecule has 0 fully saturated rings. The van der Waals surface area contributed by atoms with Crippen molar-refractivity contribution in [2.45, 2.75) is 37.6 Å². The van der Waals surface area contributed by atoms with Gasteiger partial charge in [0.2, 0.25) is 0 Å². The van der Waals surface area contributed by atoms with Crippen molar-refractivity contribution in [3.8, 4) is 0 Å². The minimum absolute atomic E-state index is 0.0284. The average molecular weight is 276 g/mol. The molecule has 17 heavy (non-hydrogen) atoms. The van der Waals surface area contributed by atoms with Gasteiger partial charge in [-0.25, -0.2) is 8.42 Å². The molecule has 1 rings (SSSR count). The number of nitrogens with one attached hydrogen (secondary N) is 1. The molecule has 0 aliphatic carbocycles. The predicted molar refractivity (Wildman–Crippen MR) is 71.8 cm³/mol. The molecule has 0 spiro atoms. The molecule has 0 aliphatic rings. The lowest BCUT2D eigenvalue weighted by Crippen LogP contribution is -2.32. The van der Waals surface area contributed by atoms with Gasteiger partial charge < -0.3 is 5.32 Å². The quantitative estimate of drug-likeness (QED) is 0.863. The highest BCUT2D eigenvalue weighted by Gasteiger charge is 2.24. The summed E-state index contributed by atoms with van der Waals surface area (Å²) in [7, 11) is -1.70. The fraction of sp³-hybridized carbons (Fsp3) is 0.636. The summed E-state index contributed by atoms with van der Waals surface area (Å²) in [6.45, 7) is 7.35. The van der Waals surface area contributed by atoms with E-state index in [0.29, 0.717) is 10.8 Å². The van der Waals surface area contributed by atoms with Crippen molar-refractivity contribution in [1.82, 2.24) is 9.62 Å². The van der Waals surface area contributed by atoms with Gasteiger partial charge in [-0.3, -0.25) is 0 Å². The molecule has 4 nitrogen and oxygen atoms in total. The fourth-order valence-corrected chi connectivity index (χ4v) is 4.03. The molecular weight excluding hydrogens is 256 g/mol. The van der Waals surface area contributed by atoms with E-state index >= 15 is 0 Å². The second-order valence-electron chi connectivity index (χ2n) is 4.17. The van der Waals surface area contributed by atoms with Crippen molar-refractivity contribution in [3.63, 3.8) is 0 Å². The molecule has 0 saturated carbocycles. The average Bonchev–Trinajstić information content (AvgIpc) is 2.74. The van der Waals surface area contributed by atoms with E-state index in [1.165, 1.54) is 15.6 Å². The van der Waals surface area contributed by atoms with Crippen molar-refractivity contribution in [2.24, 2.45) is 0 Å². The Labute approximate surface area is 108 Å². The maximum atomic E-state index is 12.2. The first-order valence-electron chi connectivity index (χ1n) is 5.65. The van der Waals surface area contributed by atoms with Gasteiger partial charge in [-0.2, -0.15) is 4.31 Å². The summed E-state index contributed by atoms with van der Waals surface area (Å²) >= 11 is 1.28. The third kappa shape index (κ3) is 3.51. The maximum absolute atomic E-state index is 12.2. The van der Waals surface area contributed by atoms with Gasteiger partial charge in [0.15, 0.2) is 0 Å². The smallest absolute Gasteiger partial charge is 0.252 e. The van der Waals surface area contributed by atoms with Crippen LogP contribution in [0.15, 0.2) is 15.7 Å². The van der Waals surface area contributed by atoms with Crippen LogP contribution < -0.4 is 5.32 Å². The summed E-state index contributed by atoms with van der Waals surface area (Å²) in [4.78, 5) is 0. The van der Waals surface area contributed by atoms with E-state index in [0.717, 1.165) is 12.1 Å². The lowest BCUT2D eigenvalue weighted by molar-refractivity contribution is 0.412. The first-order valence-corrected chi connectivity index (χ1v) is 7.97. The standard InChI is InChI=1S/C11H20N2O2S2/c1-5-12-7-10-6-11(16-8-10)17(14,15)13(4)9(2)3/h6,8-9,12H,5,7H2,1-4H3. The number of thiophene rings is 1. The highest BCUT2D eigenvalue weighted by atomic mass is 32.2. The zero-order chi connectivity index (χ0) is 13.1. The van der Waals surface area contributed by atoms with Crippen molar-refractivity contribution >= 4 is 21.4 Å². The van der Waals surface area contributed by atoms with Crippen LogP contribution in [-0.4, -0.2) is 32.4 Å². The van der Waals surface area contributed by atoms with E-state index in [9.17, 15) is 8.42 Å². The first kappa shape index (κ1) is 14.6. The van der Waals surface area contributed by atoms with Crippen LogP contribution in [0.3, 0.4) is 0 Å². The lowest BCUT2D eigenvalue weighted by atomic mass is 10.3. The Hall–Kier alpha value is -0.430. The SMILES string of the molecule is CCNCc1csc(S(=O)(=O)N(C)C(C)C)c1. The van der Waals surface area contributed by atoms with Gasteiger partial charge in [-0.05, 0) is 37.4 Å². The Balaban J connectivity index is 2.89. The number of hydrogen-bond acceptors (Lipinski definition) is 4. The zero-order valence-corrected chi connectivity index (χ0v) is 12.4. The largest absolute Gasteiger partial charge is 0.313 e. The Morgan fingerprint density at radius 3 is 2.65 bits per heavy atom. The van der Waals surface area contributed by atoms with Crippen molar-refractivity contribution in [3.05, 3.63) is 17.0 Å². The van der Waals surface area contributed by atoms with Crippen LogP contribution in [0.25, 0.3) is 0 Å². The zero-order valence-electron chi connectivity index (χ0n) is 10.7. The third-order valence-electron chi connectivity index (χ3n) is 2.57. The third-order valence-corrected chi connectivity index (χ3v) is 6.07. The molecule has 0 aromatic carbocycles. The minimum atomic E-state index is -3.32. The molecule has 0 bridgehead atoms. The molecule has 0 aliphatic heterocycles. The van der Waals surface area contributed by atoms with Gasteiger partial charge in [-0.1, -0.05) is 6.92 Å². The monoisotopic (exact) mass is 276 g/mol. The molecule has 1 N–H and O–H groups in total. The van der Waals surface area contributed by atoms with E-state index in [2.05, 4.69) is 5.32 Å². The second-order valence-corrected chi connectivity index (χ2v) is 7.30. The molecule has 6 heteroatoms. The normalized spacial score (nSPS) is 12.6. The van der Waals surface area contributed by atoms with Crippen LogP contribution in [0, 0.1) is 0 Å². The topological polar surface area (TPSA) is 49.4 Å². The molecular formula is C11H20N2O2S2. The minimum Gasteiger partial charge on any atom is -0.313 e. The highest BCUT2D eigenvalue weighted by Crippen LogP contribution is 2.24. The van der Waals surface area contributed by atoms with E-state index in [4.69, 9.17) is 0 Å². The van der Waals surface area contributed by atoms with Crippen molar-refractivity contribution < 1.29 is 8.42 Å². The number of rotatable bonds is 6. The predicted octanol–water partition coefficient (Wildman–Crippen LogP) is 1.89. The van der Waals surface area contributed by atoms with Crippen LogP contribution in [0.5, 0.6) is 0 Å². The van der Waals surface area contributed by atoms with Crippen molar-refractivity contribution in [2.75, 3.05) is 13.6 Å². The van der Waals surface area contributed by atoms with E-state index < -0.39 is 10.0 Å². The van der Waals surface area contributed by atoms with Crippen molar-refractivity contribution in [1.29, 1.82) is 0 Å². The molecule has 1 heterocycles. The Morgan fingerprint density at radius 2 is 2.12 bits per heavy atom. The summed E-state index contributed by atoms with van der Waals surface area (Å²) in [5.41, 5.74) is 1.02. The molecule has 0 unspecified atom stereocenters. The number of sulfonamides is 1. The molecule has 1 aromatic rings. The molecule has 98 valence electrons. The number of nitrogens with zero attached hydrogens (tertiary/aromatic N) is 1. The molecule has 0 saturated heterocycles. The van der Waals surface area contributed by atoms with Gasteiger partial charge in [0.05, 0.1) is 0 Å². The van der Waals surface area contributed by atoms with E-state index in [1.807, 2.05) is 26.2 Å². The summed E-state index contributed by atoms with van der Waals surface area (Å²) in [5.74, 6) is 0. The fourth-order valence-electron chi connectivity index (χ4n) is 1.27.